The van der Waals surface area contributed by atoms with Crippen LogP contribution in [0.1, 0.15) is 56.1 Å². The first-order chi connectivity index (χ1) is 15.9. The second-order valence-electron chi connectivity index (χ2n) is 9.13. The number of alkyl carbamates (subject to hydrolysis) is 1. The first-order valence-electron chi connectivity index (χ1n) is 11.5. The molecule has 0 aromatic heterocycles. The standard InChI is InChI=1S/C26H30N2O5/c1-17-7-6-13-26(15-17,24(31)27-14-12-23(29)30)28-25(32)33-16-22-20-10-4-2-8-18(20)19-9-3-5-11-21(19)22/h2-5,8-11,17,22H,6-7,12-16H2,1H3,(H,27,31)(H,28,32)(H,29,30). The topological polar surface area (TPSA) is 105 Å². The first kappa shape index (κ1) is 22.8. The van der Waals surface area contributed by atoms with E-state index in [-0.39, 0.29) is 37.3 Å². The third-order valence-electron chi connectivity index (χ3n) is 6.74. The fourth-order valence-electron chi connectivity index (χ4n) is 5.21. The molecule has 2 atom stereocenters. The number of rotatable bonds is 7. The van der Waals surface area contributed by atoms with Crippen LogP contribution >= 0.6 is 0 Å². The zero-order chi connectivity index (χ0) is 23.4. The summed E-state index contributed by atoms with van der Waals surface area (Å²) in [6, 6.07) is 16.2. The molecule has 7 nitrogen and oxygen atoms in total. The minimum Gasteiger partial charge on any atom is -0.481 e. The number of hydrogen-bond donors (Lipinski definition) is 3. The van der Waals surface area contributed by atoms with Crippen molar-refractivity contribution in [2.24, 2.45) is 5.92 Å². The van der Waals surface area contributed by atoms with Crippen LogP contribution in [0.5, 0.6) is 0 Å². The molecule has 33 heavy (non-hydrogen) atoms. The van der Waals surface area contributed by atoms with Crippen molar-refractivity contribution in [2.75, 3.05) is 13.2 Å². The predicted molar refractivity (Wildman–Crippen MR) is 124 cm³/mol. The average Bonchev–Trinajstić information content (AvgIpc) is 3.11. The quantitative estimate of drug-likeness (QED) is 0.590. The van der Waals surface area contributed by atoms with Crippen LogP contribution in [-0.4, -0.2) is 41.8 Å². The van der Waals surface area contributed by atoms with Gasteiger partial charge in [0, 0.05) is 12.5 Å². The maximum absolute atomic E-state index is 13.0. The molecule has 1 fully saturated rings. The summed E-state index contributed by atoms with van der Waals surface area (Å²) in [5.41, 5.74) is 3.46. The van der Waals surface area contributed by atoms with E-state index in [2.05, 4.69) is 41.8 Å². The summed E-state index contributed by atoms with van der Waals surface area (Å²) in [5, 5.41) is 14.4. The van der Waals surface area contributed by atoms with Gasteiger partial charge in [0.25, 0.3) is 0 Å². The first-order valence-corrected chi connectivity index (χ1v) is 11.5. The Morgan fingerprint density at radius 1 is 1.06 bits per heavy atom. The SMILES string of the molecule is CC1CCCC(NC(=O)OCC2c3ccccc3-c3ccccc32)(C(=O)NCCC(=O)O)C1. The van der Waals surface area contributed by atoms with Crippen LogP contribution in [0.25, 0.3) is 11.1 Å². The van der Waals surface area contributed by atoms with Crippen molar-refractivity contribution >= 4 is 18.0 Å². The highest BCUT2D eigenvalue weighted by Crippen LogP contribution is 2.44. The van der Waals surface area contributed by atoms with Gasteiger partial charge in [-0.1, -0.05) is 68.3 Å². The van der Waals surface area contributed by atoms with Crippen LogP contribution in [0.2, 0.25) is 0 Å². The molecule has 2 aromatic carbocycles. The van der Waals surface area contributed by atoms with E-state index < -0.39 is 17.6 Å². The number of aliphatic carboxylic acids is 1. The molecule has 4 rings (SSSR count). The Morgan fingerprint density at radius 2 is 1.70 bits per heavy atom. The number of ether oxygens (including phenoxy) is 1. The number of amides is 2. The van der Waals surface area contributed by atoms with Crippen LogP contribution in [-0.2, 0) is 14.3 Å². The molecule has 1 saturated carbocycles. The number of hydrogen-bond acceptors (Lipinski definition) is 4. The summed E-state index contributed by atoms with van der Waals surface area (Å²) in [6.07, 6.45) is 1.99. The van der Waals surface area contributed by atoms with Crippen molar-refractivity contribution in [3.63, 3.8) is 0 Å². The second-order valence-corrected chi connectivity index (χ2v) is 9.13. The second kappa shape index (κ2) is 9.65. The van der Waals surface area contributed by atoms with E-state index in [1.165, 1.54) is 0 Å². The van der Waals surface area contributed by atoms with Gasteiger partial charge in [-0.05, 0) is 41.0 Å². The Labute approximate surface area is 193 Å². The van der Waals surface area contributed by atoms with E-state index >= 15 is 0 Å². The Kier molecular flexibility index (Phi) is 6.67. The summed E-state index contributed by atoms with van der Waals surface area (Å²) in [7, 11) is 0. The molecule has 0 spiro atoms. The van der Waals surface area contributed by atoms with E-state index in [9.17, 15) is 14.4 Å². The molecule has 2 aromatic rings. The molecule has 7 heteroatoms. The normalized spacial score (nSPS) is 21.5. The average molecular weight is 451 g/mol. The van der Waals surface area contributed by atoms with Gasteiger partial charge in [0.1, 0.15) is 12.1 Å². The molecule has 174 valence electrons. The lowest BCUT2D eigenvalue weighted by Crippen LogP contribution is -2.61. The Hall–Kier alpha value is -3.35. The van der Waals surface area contributed by atoms with E-state index in [0.717, 1.165) is 35.1 Å². The monoisotopic (exact) mass is 450 g/mol. The smallest absolute Gasteiger partial charge is 0.408 e. The van der Waals surface area contributed by atoms with E-state index in [1.807, 2.05) is 24.3 Å². The van der Waals surface area contributed by atoms with E-state index in [4.69, 9.17) is 9.84 Å². The minimum absolute atomic E-state index is 0.0245. The number of benzene rings is 2. The molecule has 2 unspecified atom stereocenters. The van der Waals surface area contributed by atoms with Gasteiger partial charge in [0.15, 0.2) is 0 Å². The van der Waals surface area contributed by atoms with Crippen molar-refractivity contribution in [2.45, 2.75) is 50.5 Å². The number of fused-ring (bicyclic) bond motifs is 3. The zero-order valence-electron chi connectivity index (χ0n) is 18.8. The van der Waals surface area contributed by atoms with Gasteiger partial charge in [0.05, 0.1) is 6.42 Å². The minimum atomic E-state index is -1.08. The number of nitrogens with one attached hydrogen (secondary N) is 2. The van der Waals surface area contributed by atoms with Crippen LogP contribution in [0.3, 0.4) is 0 Å². The fourth-order valence-corrected chi connectivity index (χ4v) is 5.21. The number of carboxylic acids is 1. The van der Waals surface area contributed by atoms with Gasteiger partial charge in [-0.15, -0.1) is 0 Å². The third kappa shape index (κ3) is 4.87. The largest absolute Gasteiger partial charge is 0.481 e. The number of carboxylic acid groups (broad SMARTS) is 1. The maximum Gasteiger partial charge on any atom is 0.408 e. The summed E-state index contributed by atoms with van der Waals surface area (Å²) < 4.78 is 5.67. The van der Waals surface area contributed by atoms with Gasteiger partial charge < -0.3 is 20.5 Å². The highest BCUT2D eigenvalue weighted by molar-refractivity contribution is 5.90. The van der Waals surface area contributed by atoms with Crippen LogP contribution in [0, 0.1) is 5.92 Å². The molecule has 2 amide bonds. The van der Waals surface area contributed by atoms with Gasteiger partial charge in [-0.25, -0.2) is 4.79 Å². The van der Waals surface area contributed by atoms with Crippen molar-refractivity contribution in [1.82, 2.24) is 10.6 Å². The lowest BCUT2D eigenvalue weighted by molar-refractivity contribution is -0.137. The van der Waals surface area contributed by atoms with Gasteiger partial charge in [-0.3, -0.25) is 9.59 Å². The summed E-state index contributed by atoms with van der Waals surface area (Å²) in [6.45, 7) is 2.25. The predicted octanol–water partition coefficient (Wildman–Crippen LogP) is 4.06. The molecule has 0 saturated heterocycles. The Morgan fingerprint density at radius 3 is 2.30 bits per heavy atom. The van der Waals surface area contributed by atoms with Crippen molar-refractivity contribution in [3.8, 4) is 11.1 Å². The van der Waals surface area contributed by atoms with Crippen LogP contribution < -0.4 is 10.6 Å². The Balaban J connectivity index is 1.45. The molecule has 0 radical (unpaired) electrons. The lowest BCUT2D eigenvalue weighted by atomic mass is 9.75. The van der Waals surface area contributed by atoms with Gasteiger partial charge >= 0.3 is 12.1 Å². The molecule has 0 bridgehead atoms. The highest BCUT2D eigenvalue weighted by Gasteiger charge is 2.43. The molecular formula is C26H30N2O5. The van der Waals surface area contributed by atoms with Crippen molar-refractivity contribution in [3.05, 3.63) is 59.7 Å². The van der Waals surface area contributed by atoms with Crippen LogP contribution in [0.4, 0.5) is 4.79 Å². The summed E-state index contributed by atoms with van der Waals surface area (Å²) in [4.78, 5) is 36.7. The highest BCUT2D eigenvalue weighted by atomic mass is 16.5. The zero-order valence-corrected chi connectivity index (χ0v) is 18.8. The lowest BCUT2D eigenvalue weighted by Gasteiger charge is -2.39. The maximum atomic E-state index is 13.0. The van der Waals surface area contributed by atoms with Gasteiger partial charge in [0.2, 0.25) is 5.91 Å². The third-order valence-corrected chi connectivity index (χ3v) is 6.74. The fraction of sp³-hybridized carbons (Fsp3) is 0.423. The van der Waals surface area contributed by atoms with E-state index in [0.29, 0.717) is 12.8 Å². The Bertz CT molecular complexity index is 1010. The summed E-state index contributed by atoms with van der Waals surface area (Å²) >= 11 is 0. The molecule has 0 heterocycles. The number of carbonyl (C=O) groups is 3. The van der Waals surface area contributed by atoms with Crippen molar-refractivity contribution < 1.29 is 24.2 Å². The molecular weight excluding hydrogens is 420 g/mol. The number of carbonyl (C=O) groups excluding carboxylic acids is 2. The molecule has 3 N–H and O–H groups in total. The van der Waals surface area contributed by atoms with E-state index in [1.54, 1.807) is 0 Å². The van der Waals surface area contributed by atoms with Crippen LogP contribution in [0.15, 0.2) is 48.5 Å². The summed E-state index contributed by atoms with van der Waals surface area (Å²) in [5.74, 6) is -1.12. The molecule has 2 aliphatic carbocycles. The molecule has 0 aliphatic heterocycles. The van der Waals surface area contributed by atoms with Gasteiger partial charge in [-0.2, -0.15) is 0 Å². The molecule has 2 aliphatic rings. The van der Waals surface area contributed by atoms with Crippen molar-refractivity contribution in [1.29, 1.82) is 0 Å².